The van der Waals surface area contributed by atoms with Gasteiger partial charge in [-0.05, 0) is 31.9 Å². The Morgan fingerprint density at radius 3 is 2.68 bits per heavy atom. The molecule has 1 aliphatic rings. The maximum absolute atomic E-state index is 12.5. The van der Waals surface area contributed by atoms with E-state index in [1.165, 1.54) is 4.57 Å². The molecule has 8 heteroatoms. The largest absolute Gasteiger partial charge is 1.00 e. The summed E-state index contributed by atoms with van der Waals surface area (Å²) < 4.78 is 1.30. The first-order chi connectivity index (χ1) is 11.5. The van der Waals surface area contributed by atoms with E-state index in [0.717, 1.165) is 6.20 Å². The van der Waals surface area contributed by atoms with Crippen LogP contribution in [0.4, 0.5) is 5.69 Å². The third kappa shape index (κ3) is 4.04. The van der Waals surface area contributed by atoms with Crippen LogP contribution in [0, 0.1) is 0 Å². The number of carbonyl (C=O) groups is 1. The second-order valence-electron chi connectivity index (χ2n) is 5.66. The number of aromatic nitrogens is 2. The Bertz CT molecular complexity index is 966. The summed E-state index contributed by atoms with van der Waals surface area (Å²) in [5, 5.41) is 22.6. The number of hydrogen-bond acceptors (Lipinski definition) is 5. The van der Waals surface area contributed by atoms with E-state index in [1.54, 1.807) is 24.3 Å². The van der Waals surface area contributed by atoms with Crippen LogP contribution in [0.5, 0.6) is 0 Å². The molecule has 0 fully saturated rings. The van der Waals surface area contributed by atoms with Crippen molar-refractivity contribution in [1.29, 1.82) is 0 Å². The first-order valence-electron chi connectivity index (χ1n) is 7.56. The monoisotopic (exact) mass is 365 g/mol. The zero-order valence-electron chi connectivity index (χ0n) is 14.0. The number of nitrogens with zero attached hydrogens (tertiary/aromatic N) is 2. The minimum absolute atomic E-state index is 0. The van der Waals surface area contributed by atoms with Crippen molar-refractivity contribution in [1.82, 2.24) is 9.55 Å². The molecule has 1 atom stereocenters. The van der Waals surface area contributed by atoms with E-state index < -0.39 is 16.7 Å². The Labute approximate surface area is 186 Å². The van der Waals surface area contributed by atoms with E-state index in [-0.39, 0.29) is 68.8 Å². The predicted molar refractivity (Wildman–Crippen MR) is 86.2 cm³/mol. The summed E-state index contributed by atoms with van der Waals surface area (Å²) in [5.41, 5.74) is 0.623. The Morgan fingerprint density at radius 1 is 1.36 bits per heavy atom. The summed E-state index contributed by atoms with van der Waals surface area (Å²) in [6, 6.07) is 8.76. The SMILES string of the molecule is CC1CCC(C(=O)Nc2ccccc2)=c2ncc(=C([O-])O)c(=O)n21.[K+]. The molecule has 0 bridgehead atoms. The van der Waals surface area contributed by atoms with Gasteiger partial charge in [0.05, 0.1) is 16.7 Å². The van der Waals surface area contributed by atoms with Gasteiger partial charge in [0.1, 0.15) is 5.48 Å². The molecule has 7 nitrogen and oxygen atoms in total. The van der Waals surface area contributed by atoms with Crippen molar-refractivity contribution < 1.29 is 66.4 Å². The molecule has 2 N–H and O–H groups in total. The summed E-state index contributed by atoms with van der Waals surface area (Å²) in [6.07, 6.45) is 2.05. The van der Waals surface area contributed by atoms with Crippen molar-refractivity contribution in [2.45, 2.75) is 25.8 Å². The molecule has 2 heterocycles. The van der Waals surface area contributed by atoms with Gasteiger partial charge in [0.2, 0.25) is 0 Å². The van der Waals surface area contributed by atoms with E-state index in [2.05, 4.69) is 10.3 Å². The van der Waals surface area contributed by atoms with E-state index >= 15 is 0 Å². The van der Waals surface area contributed by atoms with Gasteiger partial charge in [-0.25, -0.2) is 4.98 Å². The molecule has 0 spiro atoms. The van der Waals surface area contributed by atoms with Gasteiger partial charge in [0.25, 0.3) is 11.5 Å². The smallest absolute Gasteiger partial charge is 0.629 e. The van der Waals surface area contributed by atoms with Crippen molar-refractivity contribution >= 4 is 23.1 Å². The van der Waals surface area contributed by atoms with Gasteiger partial charge < -0.3 is 15.5 Å². The number of fused-ring (bicyclic) bond motifs is 1. The normalized spacial score (nSPS) is 17.2. The maximum Gasteiger partial charge on any atom is 1.00 e. The van der Waals surface area contributed by atoms with Crippen LogP contribution in [0.3, 0.4) is 0 Å². The standard InChI is InChI=1S/C17H17N3O4.K/c1-10-7-8-12(15(21)19-11-5-3-2-4-6-11)14-18-9-13(17(23)24)16(22)20(10)14;/h2-6,9-10,23-24H,7-8H2,1H3,(H,19,21);/q;+1/p-1. The fraction of sp³-hybridized carbons (Fsp3) is 0.235. The number of aliphatic hydroxyl groups is 1. The summed E-state index contributed by atoms with van der Waals surface area (Å²) in [5.74, 6) is -1.66. The van der Waals surface area contributed by atoms with Crippen LogP contribution in [0.15, 0.2) is 41.3 Å². The number of aliphatic hydroxyl groups excluding tert-OH is 1. The second kappa shape index (κ2) is 8.28. The quantitative estimate of drug-likeness (QED) is 0.534. The first kappa shape index (κ1) is 19.9. The van der Waals surface area contributed by atoms with Gasteiger partial charge in [-0.1, -0.05) is 18.2 Å². The fourth-order valence-electron chi connectivity index (χ4n) is 2.79. The molecular formula is C17H16KN3O4. The van der Waals surface area contributed by atoms with Gasteiger partial charge in [0, 0.05) is 17.9 Å². The average Bonchev–Trinajstić information content (AvgIpc) is 2.55. The van der Waals surface area contributed by atoms with Gasteiger partial charge in [-0.15, -0.1) is 0 Å². The number of hydrogen-bond donors (Lipinski definition) is 2. The minimum Gasteiger partial charge on any atom is -0.629 e. The molecule has 1 aromatic heterocycles. The third-order valence-electron chi connectivity index (χ3n) is 4.05. The van der Waals surface area contributed by atoms with Crippen molar-refractivity contribution in [3.05, 3.63) is 57.6 Å². The van der Waals surface area contributed by atoms with E-state index in [9.17, 15) is 14.7 Å². The van der Waals surface area contributed by atoms with E-state index in [4.69, 9.17) is 5.11 Å². The zero-order valence-corrected chi connectivity index (χ0v) is 17.1. The molecule has 124 valence electrons. The van der Waals surface area contributed by atoms with E-state index in [0.29, 0.717) is 24.1 Å². The van der Waals surface area contributed by atoms with Gasteiger partial charge in [-0.3, -0.25) is 14.2 Å². The molecule has 0 radical (unpaired) electrons. The van der Waals surface area contributed by atoms with Crippen LogP contribution in [0.2, 0.25) is 0 Å². The number of rotatable bonds is 2. The third-order valence-corrected chi connectivity index (χ3v) is 4.05. The van der Waals surface area contributed by atoms with Crippen LogP contribution >= 0.6 is 0 Å². The molecule has 2 aromatic rings. The number of carbonyl (C=O) groups excluding carboxylic acids is 1. The number of nitrogens with one attached hydrogen (secondary N) is 1. The van der Waals surface area contributed by atoms with Crippen LogP contribution in [0.25, 0.3) is 11.5 Å². The molecular weight excluding hydrogens is 349 g/mol. The zero-order chi connectivity index (χ0) is 17.3. The maximum atomic E-state index is 12.5. The fourth-order valence-corrected chi connectivity index (χ4v) is 2.79. The number of anilines is 1. The van der Waals surface area contributed by atoms with Crippen molar-refractivity contribution in [2.75, 3.05) is 5.32 Å². The van der Waals surface area contributed by atoms with Crippen LogP contribution < -0.4 is 78.1 Å². The van der Waals surface area contributed by atoms with Crippen molar-refractivity contribution in [2.24, 2.45) is 0 Å². The molecule has 1 unspecified atom stereocenters. The number of para-hydroxylation sites is 1. The summed E-state index contributed by atoms with van der Waals surface area (Å²) in [4.78, 5) is 29.0. The van der Waals surface area contributed by atoms with Crippen LogP contribution in [-0.4, -0.2) is 20.6 Å². The topological polar surface area (TPSA) is 107 Å². The molecule has 25 heavy (non-hydrogen) atoms. The molecule has 0 aliphatic carbocycles. The van der Waals surface area contributed by atoms with Crippen molar-refractivity contribution in [3.8, 4) is 0 Å². The Kier molecular flexibility index (Phi) is 6.58. The van der Waals surface area contributed by atoms with Crippen molar-refractivity contribution in [3.63, 3.8) is 0 Å². The van der Waals surface area contributed by atoms with Gasteiger partial charge >= 0.3 is 51.4 Å². The molecule has 3 rings (SSSR count). The first-order valence-corrected chi connectivity index (χ1v) is 7.56. The molecule has 1 aliphatic heterocycles. The van der Waals surface area contributed by atoms with Crippen LogP contribution in [-0.2, 0) is 4.79 Å². The second-order valence-corrected chi connectivity index (χ2v) is 5.66. The summed E-state index contributed by atoms with van der Waals surface area (Å²) in [7, 11) is 0. The number of benzene rings is 1. The molecule has 0 saturated heterocycles. The Morgan fingerprint density at radius 2 is 2.04 bits per heavy atom. The predicted octanol–water partition coefficient (Wildman–Crippen LogP) is -3.62. The average molecular weight is 365 g/mol. The van der Waals surface area contributed by atoms with Crippen LogP contribution in [0.1, 0.15) is 25.8 Å². The Balaban J connectivity index is 0.00000225. The number of amides is 1. The summed E-state index contributed by atoms with van der Waals surface area (Å²) in [6.45, 7) is 1.81. The minimum atomic E-state index is -1.32. The van der Waals surface area contributed by atoms with E-state index in [1.807, 2.05) is 13.0 Å². The van der Waals surface area contributed by atoms with Gasteiger partial charge in [0.15, 0.2) is 0 Å². The molecule has 1 aromatic carbocycles. The van der Waals surface area contributed by atoms with Gasteiger partial charge in [-0.2, -0.15) is 0 Å². The Hall–Kier alpha value is -1.45. The molecule has 1 amide bonds. The summed E-state index contributed by atoms with van der Waals surface area (Å²) >= 11 is 0. The molecule has 0 saturated carbocycles.